The molecule has 1 aromatic rings. The normalized spacial score (nSPS) is 11.2. The number of amides is 2. The van der Waals surface area contributed by atoms with Gasteiger partial charge < -0.3 is 16.8 Å². The van der Waals surface area contributed by atoms with Gasteiger partial charge in [-0.25, -0.2) is 0 Å². The molecule has 0 saturated heterocycles. The average Bonchev–Trinajstić information content (AvgIpc) is 2.61. The molecule has 88 valence electrons. The predicted octanol–water partition coefficient (Wildman–Crippen LogP) is 0.314. The number of hydrogen-bond donors (Lipinski definition) is 3. The second-order valence-corrected chi connectivity index (χ2v) is 5.15. The van der Waals surface area contributed by atoms with Crippen molar-refractivity contribution in [1.29, 1.82) is 0 Å². The molecular formula is C10H15N3O2S. The van der Waals surface area contributed by atoms with Gasteiger partial charge in [-0.15, -0.1) is 11.3 Å². The molecule has 0 atom stereocenters. The van der Waals surface area contributed by atoms with Gasteiger partial charge >= 0.3 is 0 Å². The molecular weight excluding hydrogens is 226 g/mol. The van der Waals surface area contributed by atoms with Gasteiger partial charge in [-0.3, -0.25) is 9.59 Å². The number of nitrogens with one attached hydrogen (secondary N) is 1. The fraction of sp³-hybridized carbons (Fsp3) is 0.400. The lowest BCUT2D eigenvalue weighted by Crippen LogP contribution is -2.44. The number of carbonyl (C=O) groups is 2. The fourth-order valence-electron chi connectivity index (χ4n) is 0.980. The van der Waals surface area contributed by atoms with Crippen LogP contribution in [0, 0.1) is 0 Å². The lowest BCUT2D eigenvalue weighted by molar-refractivity contribution is 0.0950. The van der Waals surface area contributed by atoms with E-state index in [1.807, 2.05) is 13.8 Å². The number of primary amides is 1. The number of rotatable bonds is 4. The minimum Gasteiger partial charge on any atom is -0.366 e. The van der Waals surface area contributed by atoms with E-state index in [-0.39, 0.29) is 5.91 Å². The SMILES string of the molecule is CC(C)(N)CNC(=O)c1cc(C(N)=O)cs1. The van der Waals surface area contributed by atoms with Crippen LogP contribution in [0.4, 0.5) is 0 Å². The van der Waals surface area contributed by atoms with E-state index < -0.39 is 11.4 Å². The van der Waals surface area contributed by atoms with Crippen molar-refractivity contribution < 1.29 is 9.59 Å². The van der Waals surface area contributed by atoms with Gasteiger partial charge in [-0.1, -0.05) is 0 Å². The Morgan fingerprint density at radius 3 is 2.56 bits per heavy atom. The molecule has 5 nitrogen and oxygen atoms in total. The maximum absolute atomic E-state index is 11.6. The Morgan fingerprint density at radius 2 is 2.12 bits per heavy atom. The number of nitrogens with two attached hydrogens (primary N) is 2. The van der Waals surface area contributed by atoms with Gasteiger partial charge in [0.15, 0.2) is 0 Å². The molecule has 0 bridgehead atoms. The molecule has 6 heteroatoms. The molecule has 0 radical (unpaired) electrons. The van der Waals surface area contributed by atoms with Crippen molar-refractivity contribution in [3.05, 3.63) is 21.9 Å². The Bertz CT molecular complexity index is 406. The molecule has 1 aromatic heterocycles. The first-order chi connectivity index (χ1) is 7.29. The summed E-state index contributed by atoms with van der Waals surface area (Å²) in [4.78, 5) is 22.9. The molecule has 0 spiro atoms. The maximum Gasteiger partial charge on any atom is 0.261 e. The summed E-state index contributed by atoms with van der Waals surface area (Å²) >= 11 is 1.18. The summed E-state index contributed by atoms with van der Waals surface area (Å²) in [6.07, 6.45) is 0. The van der Waals surface area contributed by atoms with Crippen molar-refractivity contribution in [3.63, 3.8) is 0 Å². The molecule has 1 rings (SSSR count). The largest absolute Gasteiger partial charge is 0.366 e. The van der Waals surface area contributed by atoms with Crippen LogP contribution in [0.15, 0.2) is 11.4 Å². The quantitative estimate of drug-likeness (QED) is 0.707. The third kappa shape index (κ3) is 3.63. The average molecular weight is 241 g/mol. The summed E-state index contributed by atoms with van der Waals surface area (Å²) < 4.78 is 0. The van der Waals surface area contributed by atoms with Gasteiger partial charge in [0.25, 0.3) is 5.91 Å². The van der Waals surface area contributed by atoms with E-state index in [1.165, 1.54) is 17.4 Å². The molecule has 5 N–H and O–H groups in total. The molecule has 2 amide bonds. The summed E-state index contributed by atoms with van der Waals surface area (Å²) in [5, 5.41) is 4.25. The van der Waals surface area contributed by atoms with Crippen molar-refractivity contribution in [1.82, 2.24) is 5.32 Å². The van der Waals surface area contributed by atoms with Crippen LogP contribution in [0.5, 0.6) is 0 Å². The lowest BCUT2D eigenvalue weighted by atomic mass is 10.1. The minimum atomic E-state index is -0.533. The maximum atomic E-state index is 11.6. The van der Waals surface area contributed by atoms with Crippen LogP contribution in [0.3, 0.4) is 0 Å². The molecule has 1 heterocycles. The third-order valence-electron chi connectivity index (χ3n) is 1.81. The topological polar surface area (TPSA) is 98.2 Å². The highest BCUT2D eigenvalue weighted by Crippen LogP contribution is 2.14. The van der Waals surface area contributed by atoms with Gasteiger partial charge in [0.1, 0.15) is 0 Å². The van der Waals surface area contributed by atoms with Crippen LogP contribution in [0.1, 0.15) is 33.9 Å². The number of hydrogen-bond acceptors (Lipinski definition) is 4. The highest BCUT2D eigenvalue weighted by atomic mass is 32.1. The minimum absolute atomic E-state index is 0.240. The van der Waals surface area contributed by atoms with Crippen LogP contribution >= 0.6 is 11.3 Å². The number of thiophene rings is 1. The molecule has 0 aliphatic rings. The third-order valence-corrected chi connectivity index (χ3v) is 2.74. The van der Waals surface area contributed by atoms with Crippen LogP contribution in [-0.2, 0) is 0 Å². The molecule has 0 aliphatic carbocycles. The zero-order chi connectivity index (χ0) is 12.3. The van der Waals surface area contributed by atoms with Gasteiger partial charge in [-0.2, -0.15) is 0 Å². The summed E-state index contributed by atoms with van der Waals surface area (Å²) in [5.41, 5.74) is 10.7. The van der Waals surface area contributed by atoms with E-state index in [2.05, 4.69) is 5.32 Å². The van der Waals surface area contributed by atoms with Crippen LogP contribution in [0.2, 0.25) is 0 Å². The van der Waals surface area contributed by atoms with E-state index in [0.717, 1.165) is 0 Å². The fourth-order valence-corrected chi connectivity index (χ4v) is 1.79. The van der Waals surface area contributed by atoms with E-state index >= 15 is 0 Å². The van der Waals surface area contributed by atoms with Gasteiger partial charge in [0, 0.05) is 17.5 Å². The molecule has 0 aromatic carbocycles. The van der Waals surface area contributed by atoms with Crippen molar-refractivity contribution in [3.8, 4) is 0 Å². The summed E-state index contributed by atoms with van der Waals surface area (Å²) in [6, 6.07) is 1.48. The molecule has 0 saturated carbocycles. The van der Waals surface area contributed by atoms with Gasteiger partial charge in [0.2, 0.25) is 5.91 Å². The van der Waals surface area contributed by atoms with Crippen molar-refractivity contribution >= 4 is 23.2 Å². The first-order valence-electron chi connectivity index (χ1n) is 4.75. The Hall–Kier alpha value is -1.40. The van der Waals surface area contributed by atoms with Gasteiger partial charge in [-0.05, 0) is 19.9 Å². The first-order valence-corrected chi connectivity index (χ1v) is 5.63. The summed E-state index contributed by atoms with van der Waals surface area (Å²) in [7, 11) is 0. The molecule has 0 unspecified atom stereocenters. The highest BCUT2D eigenvalue weighted by Gasteiger charge is 2.15. The Labute approximate surface area is 97.8 Å². The Kier molecular flexibility index (Phi) is 3.66. The molecule has 0 fully saturated rings. The second-order valence-electron chi connectivity index (χ2n) is 4.24. The highest BCUT2D eigenvalue weighted by molar-refractivity contribution is 7.12. The van der Waals surface area contributed by atoms with Crippen molar-refractivity contribution in [2.45, 2.75) is 19.4 Å². The molecule has 0 aliphatic heterocycles. The van der Waals surface area contributed by atoms with E-state index in [9.17, 15) is 9.59 Å². The van der Waals surface area contributed by atoms with Crippen LogP contribution in [-0.4, -0.2) is 23.9 Å². The Morgan fingerprint density at radius 1 is 1.50 bits per heavy atom. The molecule has 16 heavy (non-hydrogen) atoms. The monoisotopic (exact) mass is 241 g/mol. The van der Waals surface area contributed by atoms with Crippen LogP contribution < -0.4 is 16.8 Å². The van der Waals surface area contributed by atoms with E-state index in [0.29, 0.717) is 17.0 Å². The zero-order valence-corrected chi connectivity index (χ0v) is 10.1. The predicted molar refractivity (Wildman–Crippen MR) is 63.4 cm³/mol. The van der Waals surface area contributed by atoms with E-state index in [1.54, 1.807) is 5.38 Å². The summed E-state index contributed by atoms with van der Waals surface area (Å²) in [6.45, 7) is 4.00. The van der Waals surface area contributed by atoms with Crippen molar-refractivity contribution in [2.75, 3.05) is 6.54 Å². The van der Waals surface area contributed by atoms with E-state index in [4.69, 9.17) is 11.5 Å². The zero-order valence-electron chi connectivity index (χ0n) is 9.24. The number of carbonyl (C=O) groups excluding carboxylic acids is 2. The smallest absolute Gasteiger partial charge is 0.261 e. The second kappa shape index (κ2) is 4.63. The Balaban J connectivity index is 2.63. The standard InChI is InChI=1S/C10H15N3O2S/c1-10(2,12)5-13-9(15)7-3-6(4-16-7)8(11)14/h3-4H,5,12H2,1-2H3,(H2,11,14)(H,13,15). The van der Waals surface area contributed by atoms with Crippen molar-refractivity contribution in [2.24, 2.45) is 11.5 Å². The first kappa shape index (κ1) is 12.7. The van der Waals surface area contributed by atoms with Crippen LogP contribution in [0.25, 0.3) is 0 Å². The van der Waals surface area contributed by atoms with Gasteiger partial charge in [0.05, 0.1) is 10.4 Å². The lowest BCUT2D eigenvalue weighted by Gasteiger charge is -2.18. The summed E-state index contributed by atoms with van der Waals surface area (Å²) in [5.74, 6) is -0.773.